The summed E-state index contributed by atoms with van der Waals surface area (Å²) in [6.07, 6.45) is 0. The van der Waals surface area contributed by atoms with Crippen LogP contribution in [-0.2, 0) is 10.0 Å². The second-order valence-corrected chi connectivity index (χ2v) is 9.02. The van der Waals surface area contributed by atoms with E-state index < -0.39 is 15.9 Å². The highest BCUT2D eigenvalue weighted by atomic mass is 35.5. The highest BCUT2D eigenvalue weighted by Gasteiger charge is 2.25. The van der Waals surface area contributed by atoms with E-state index in [2.05, 4.69) is 10.3 Å². The van der Waals surface area contributed by atoms with E-state index in [-0.39, 0.29) is 22.0 Å². The number of hydrogen-bond acceptors (Lipinski definition) is 5. The molecule has 28 heavy (non-hydrogen) atoms. The maximum absolute atomic E-state index is 13.2. The molecule has 1 amide bonds. The molecule has 0 saturated heterocycles. The number of carbonyl (C=O) groups is 1. The zero-order chi connectivity index (χ0) is 20.3. The van der Waals surface area contributed by atoms with Crippen LogP contribution in [0.5, 0.6) is 0 Å². The predicted molar refractivity (Wildman–Crippen MR) is 113 cm³/mol. The minimum absolute atomic E-state index is 0.0110. The smallest absolute Gasteiger partial charge is 0.264 e. The fraction of sp³-hybridized carbons (Fsp3) is 0.158. The Morgan fingerprint density at radius 1 is 1.21 bits per heavy atom. The van der Waals surface area contributed by atoms with Crippen molar-refractivity contribution >= 4 is 49.7 Å². The number of rotatable bonds is 6. The molecule has 1 N–H and O–H groups in total. The Bertz CT molecular complexity index is 1100. The zero-order valence-corrected chi connectivity index (χ0v) is 17.6. The Morgan fingerprint density at radius 2 is 1.93 bits per heavy atom. The molecule has 1 aromatic heterocycles. The molecule has 0 aliphatic heterocycles. The van der Waals surface area contributed by atoms with Crippen LogP contribution in [0.4, 0.5) is 10.8 Å². The van der Waals surface area contributed by atoms with Crippen LogP contribution in [0, 0.1) is 6.92 Å². The average molecular weight is 436 g/mol. The van der Waals surface area contributed by atoms with Crippen molar-refractivity contribution in [3.05, 3.63) is 70.2 Å². The van der Waals surface area contributed by atoms with Gasteiger partial charge in [-0.15, -0.1) is 11.3 Å². The number of para-hydroxylation sites is 1. The van der Waals surface area contributed by atoms with Crippen molar-refractivity contribution in [3.63, 3.8) is 0 Å². The minimum Gasteiger partial charge on any atom is -0.298 e. The Morgan fingerprint density at radius 3 is 2.54 bits per heavy atom. The van der Waals surface area contributed by atoms with Crippen molar-refractivity contribution in [2.24, 2.45) is 0 Å². The lowest BCUT2D eigenvalue weighted by atomic mass is 10.2. The predicted octanol–water partition coefficient (Wildman–Crippen LogP) is 4.57. The third-order valence-corrected chi connectivity index (χ3v) is 7.05. The van der Waals surface area contributed by atoms with Gasteiger partial charge in [-0.3, -0.25) is 14.4 Å². The SMILES string of the molecule is CCN(c1ccccc1)S(=O)(=O)c1ccc(Cl)c(C(=O)Nc2nc(C)cs2)c1. The molecule has 0 radical (unpaired) electrons. The Labute approximate surface area is 172 Å². The largest absolute Gasteiger partial charge is 0.298 e. The van der Waals surface area contributed by atoms with Gasteiger partial charge in [0.1, 0.15) is 0 Å². The van der Waals surface area contributed by atoms with E-state index in [0.717, 1.165) is 5.69 Å². The first kappa shape index (κ1) is 20.3. The van der Waals surface area contributed by atoms with E-state index in [0.29, 0.717) is 10.8 Å². The van der Waals surface area contributed by atoms with Crippen LogP contribution >= 0.6 is 22.9 Å². The van der Waals surface area contributed by atoms with Gasteiger partial charge in [0.15, 0.2) is 5.13 Å². The van der Waals surface area contributed by atoms with Crippen LogP contribution in [0.3, 0.4) is 0 Å². The fourth-order valence-electron chi connectivity index (χ4n) is 2.63. The summed E-state index contributed by atoms with van der Waals surface area (Å²) in [7, 11) is -3.86. The number of amides is 1. The molecule has 0 bridgehead atoms. The number of nitrogens with zero attached hydrogens (tertiary/aromatic N) is 2. The summed E-state index contributed by atoms with van der Waals surface area (Å²) in [5.41, 5.74) is 1.40. The first-order valence-corrected chi connectivity index (χ1v) is 11.1. The molecule has 6 nitrogen and oxygen atoms in total. The van der Waals surface area contributed by atoms with Crippen molar-refractivity contribution < 1.29 is 13.2 Å². The van der Waals surface area contributed by atoms with Gasteiger partial charge < -0.3 is 0 Å². The van der Waals surface area contributed by atoms with Crippen LogP contribution in [0.2, 0.25) is 5.02 Å². The van der Waals surface area contributed by atoms with Gasteiger partial charge in [0, 0.05) is 11.9 Å². The Kier molecular flexibility index (Phi) is 6.02. The van der Waals surface area contributed by atoms with E-state index in [1.807, 2.05) is 13.0 Å². The van der Waals surface area contributed by atoms with Crippen molar-refractivity contribution in [1.82, 2.24) is 4.98 Å². The van der Waals surface area contributed by atoms with Crippen molar-refractivity contribution in [2.75, 3.05) is 16.2 Å². The number of benzene rings is 2. The number of sulfonamides is 1. The third kappa shape index (κ3) is 4.19. The molecule has 3 rings (SSSR count). The van der Waals surface area contributed by atoms with Gasteiger partial charge in [-0.2, -0.15) is 0 Å². The van der Waals surface area contributed by atoms with Crippen molar-refractivity contribution in [2.45, 2.75) is 18.7 Å². The molecule has 0 spiro atoms. The van der Waals surface area contributed by atoms with Crippen molar-refractivity contribution in [1.29, 1.82) is 0 Å². The van der Waals surface area contributed by atoms with E-state index in [4.69, 9.17) is 11.6 Å². The average Bonchev–Trinajstić information content (AvgIpc) is 3.07. The second-order valence-electron chi connectivity index (χ2n) is 5.90. The van der Waals surface area contributed by atoms with E-state index >= 15 is 0 Å². The molecule has 146 valence electrons. The van der Waals surface area contributed by atoms with Gasteiger partial charge in [-0.25, -0.2) is 13.4 Å². The summed E-state index contributed by atoms with van der Waals surface area (Å²) in [5, 5.41) is 5.03. The topological polar surface area (TPSA) is 79.4 Å². The summed E-state index contributed by atoms with van der Waals surface area (Å²) in [5.74, 6) is -0.515. The molecule has 0 atom stereocenters. The normalized spacial score (nSPS) is 11.2. The van der Waals surface area contributed by atoms with Gasteiger partial charge in [0.2, 0.25) is 0 Å². The standard InChI is InChI=1S/C19H18ClN3O3S2/c1-3-23(14-7-5-4-6-8-14)28(25,26)15-9-10-17(20)16(11-15)18(24)22-19-21-13(2)12-27-19/h4-12H,3H2,1-2H3,(H,21,22,24). The van der Waals surface area contributed by atoms with Crippen LogP contribution < -0.4 is 9.62 Å². The van der Waals surface area contributed by atoms with Gasteiger partial charge in [-0.05, 0) is 44.2 Å². The number of aromatic nitrogens is 1. The number of halogens is 1. The van der Waals surface area contributed by atoms with E-state index in [1.165, 1.54) is 33.8 Å². The van der Waals surface area contributed by atoms with Gasteiger partial charge in [0.25, 0.3) is 15.9 Å². The fourth-order valence-corrected chi connectivity index (χ4v) is 5.01. The Balaban J connectivity index is 1.96. The third-order valence-electron chi connectivity index (χ3n) is 3.94. The second kappa shape index (κ2) is 8.30. The number of hydrogen-bond donors (Lipinski definition) is 1. The van der Waals surface area contributed by atoms with Gasteiger partial charge in [-0.1, -0.05) is 29.8 Å². The van der Waals surface area contributed by atoms with Crippen LogP contribution in [0.25, 0.3) is 0 Å². The summed E-state index contributed by atoms with van der Waals surface area (Å²) >= 11 is 7.44. The summed E-state index contributed by atoms with van der Waals surface area (Å²) in [6.45, 7) is 3.81. The maximum atomic E-state index is 13.2. The molecule has 0 unspecified atom stereocenters. The molecule has 3 aromatic rings. The quantitative estimate of drug-likeness (QED) is 0.614. The molecule has 1 heterocycles. The first-order chi connectivity index (χ1) is 13.3. The van der Waals surface area contributed by atoms with Gasteiger partial charge in [0.05, 0.1) is 26.9 Å². The molecule has 2 aromatic carbocycles. The van der Waals surface area contributed by atoms with E-state index in [9.17, 15) is 13.2 Å². The summed E-state index contributed by atoms with van der Waals surface area (Å²) in [4.78, 5) is 16.8. The van der Waals surface area contributed by atoms with E-state index in [1.54, 1.807) is 36.6 Å². The van der Waals surface area contributed by atoms with Crippen LogP contribution in [-0.4, -0.2) is 25.9 Å². The molecule has 0 aliphatic rings. The number of anilines is 2. The lowest BCUT2D eigenvalue weighted by Gasteiger charge is -2.23. The van der Waals surface area contributed by atoms with Crippen LogP contribution in [0.15, 0.2) is 58.8 Å². The van der Waals surface area contributed by atoms with Gasteiger partial charge >= 0.3 is 0 Å². The number of thiazole rings is 1. The molecule has 9 heteroatoms. The minimum atomic E-state index is -3.86. The lowest BCUT2D eigenvalue weighted by Crippen LogP contribution is -2.31. The monoisotopic (exact) mass is 435 g/mol. The lowest BCUT2D eigenvalue weighted by molar-refractivity contribution is 0.102. The molecule has 0 aliphatic carbocycles. The molecule has 0 saturated carbocycles. The molecular formula is C19H18ClN3O3S2. The molecule has 0 fully saturated rings. The maximum Gasteiger partial charge on any atom is 0.264 e. The number of nitrogens with one attached hydrogen (secondary N) is 1. The van der Waals surface area contributed by atoms with Crippen LogP contribution in [0.1, 0.15) is 23.0 Å². The Hall–Kier alpha value is -2.42. The summed E-state index contributed by atoms with van der Waals surface area (Å²) in [6, 6.07) is 12.9. The number of aryl methyl sites for hydroxylation is 1. The highest BCUT2D eigenvalue weighted by Crippen LogP contribution is 2.27. The zero-order valence-electron chi connectivity index (χ0n) is 15.2. The summed E-state index contributed by atoms with van der Waals surface area (Å²) < 4.78 is 27.6. The first-order valence-electron chi connectivity index (χ1n) is 8.43. The molecular weight excluding hydrogens is 418 g/mol. The highest BCUT2D eigenvalue weighted by molar-refractivity contribution is 7.92. The number of carbonyl (C=O) groups excluding carboxylic acids is 1. The van der Waals surface area contributed by atoms with Crippen molar-refractivity contribution in [3.8, 4) is 0 Å².